The van der Waals surface area contributed by atoms with Crippen molar-refractivity contribution in [1.29, 1.82) is 0 Å². The molecular formula is C15H20ClN3S. The van der Waals surface area contributed by atoms with E-state index in [1.807, 2.05) is 17.6 Å². The number of halogens is 1. The van der Waals surface area contributed by atoms with Gasteiger partial charge in [-0.05, 0) is 36.7 Å². The molecule has 0 aliphatic rings. The monoisotopic (exact) mass is 309 g/mol. The van der Waals surface area contributed by atoms with E-state index in [2.05, 4.69) is 40.6 Å². The fraction of sp³-hybridized carbons (Fsp3) is 0.400. The molecule has 0 unspecified atom stereocenters. The van der Waals surface area contributed by atoms with Crippen LogP contribution in [0.3, 0.4) is 0 Å². The summed E-state index contributed by atoms with van der Waals surface area (Å²) in [6, 6.07) is 6.06. The number of hydrogen-bond donors (Lipinski definition) is 1. The van der Waals surface area contributed by atoms with Gasteiger partial charge in [0, 0.05) is 29.7 Å². The van der Waals surface area contributed by atoms with Gasteiger partial charge in [0.1, 0.15) is 0 Å². The average Bonchev–Trinajstić information content (AvgIpc) is 2.92. The zero-order valence-corrected chi connectivity index (χ0v) is 13.5. The van der Waals surface area contributed by atoms with Crippen LogP contribution in [0.15, 0.2) is 29.1 Å². The molecule has 2 rings (SSSR count). The van der Waals surface area contributed by atoms with Gasteiger partial charge in [0.05, 0.1) is 17.7 Å². The first-order valence-corrected chi connectivity index (χ1v) is 8.10. The van der Waals surface area contributed by atoms with Crippen molar-refractivity contribution in [2.24, 2.45) is 0 Å². The van der Waals surface area contributed by atoms with Crippen LogP contribution in [0.4, 0.5) is 5.69 Å². The highest BCUT2D eigenvalue weighted by Crippen LogP contribution is 2.24. The second kappa shape index (κ2) is 7.62. The summed E-state index contributed by atoms with van der Waals surface area (Å²) in [5.74, 6) is 0. The van der Waals surface area contributed by atoms with E-state index in [-0.39, 0.29) is 0 Å². The molecule has 1 aromatic carbocycles. The number of hydrogen-bond acceptors (Lipinski definition) is 4. The zero-order valence-electron chi connectivity index (χ0n) is 11.9. The molecule has 1 aromatic heterocycles. The third-order valence-corrected chi connectivity index (χ3v) is 3.95. The second-order valence-electron chi connectivity index (χ2n) is 4.79. The molecule has 3 nitrogen and oxygen atoms in total. The molecule has 2 aromatic rings. The number of nitrogens with one attached hydrogen (secondary N) is 1. The lowest BCUT2D eigenvalue weighted by Gasteiger charge is -2.22. The highest BCUT2D eigenvalue weighted by atomic mass is 35.5. The first kappa shape index (κ1) is 15.3. The largest absolute Gasteiger partial charge is 0.368 e. The molecule has 0 amide bonds. The molecule has 0 spiro atoms. The van der Waals surface area contributed by atoms with E-state index >= 15 is 0 Å². The van der Waals surface area contributed by atoms with Crippen molar-refractivity contribution in [3.8, 4) is 0 Å². The van der Waals surface area contributed by atoms with Gasteiger partial charge in [-0.25, -0.2) is 4.98 Å². The van der Waals surface area contributed by atoms with Crippen molar-refractivity contribution in [2.75, 3.05) is 18.5 Å². The lowest BCUT2D eigenvalue weighted by molar-refractivity contribution is 0.673. The van der Waals surface area contributed by atoms with Crippen molar-refractivity contribution in [3.05, 3.63) is 45.4 Å². The van der Waals surface area contributed by atoms with E-state index in [1.165, 1.54) is 11.3 Å². The van der Waals surface area contributed by atoms with Gasteiger partial charge in [-0.2, -0.15) is 0 Å². The van der Waals surface area contributed by atoms with Gasteiger partial charge in [0.2, 0.25) is 0 Å². The molecule has 5 heteroatoms. The number of benzene rings is 1. The van der Waals surface area contributed by atoms with Crippen LogP contribution >= 0.6 is 22.9 Å². The minimum absolute atomic E-state index is 0.782. The highest BCUT2D eigenvalue weighted by molar-refractivity contribution is 7.07. The third kappa shape index (κ3) is 4.20. The van der Waals surface area contributed by atoms with Crippen LogP contribution in [0, 0.1) is 0 Å². The van der Waals surface area contributed by atoms with Crippen LogP contribution in [-0.2, 0) is 13.1 Å². The molecule has 0 fully saturated rings. The summed E-state index contributed by atoms with van der Waals surface area (Å²) in [7, 11) is 2.09. The third-order valence-electron chi connectivity index (χ3n) is 3.08. The molecule has 1 N–H and O–H groups in total. The molecule has 0 saturated heterocycles. The Morgan fingerprint density at radius 3 is 2.95 bits per heavy atom. The second-order valence-corrected chi connectivity index (χ2v) is 5.94. The number of thiazole rings is 1. The summed E-state index contributed by atoms with van der Waals surface area (Å²) in [4.78, 5) is 6.56. The van der Waals surface area contributed by atoms with Crippen molar-refractivity contribution in [3.63, 3.8) is 0 Å². The lowest BCUT2D eigenvalue weighted by Crippen LogP contribution is -2.21. The van der Waals surface area contributed by atoms with Gasteiger partial charge < -0.3 is 10.2 Å². The van der Waals surface area contributed by atoms with Crippen LogP contribution in [-0.4, -0.2) is 18.6 Å². The molecule has 0 atom stereocenters. The Morgan fingerprint density at radius 2 is 2.25 bits per heavy atom. The minimum atomic E-state index is 0.782. The number of aromatic nitrogens is 1. The highest BCUT2D eigenvalue weighted by Gasteiger charge is 2.09. The van der Waals surface area contributed by atoms with Crippen molar-refractivity contribution in [1.82, 2.24) is 10.3 Å². The minimum Gasteiger partial charge on any atom is -0.368 e. The van der Waals surface area contributed by atoms with Crippen molar-refractivity contribution in [2.45, 2.75) is 26.4 Å². The van der Waals surface area contributed by atoms with Crippen LogP contribution in [0.25, 0.3) is 0 Å². The molecular weight excluding hydrogens is 290 g/mol. The molecule has 1 heterocycles. The smallest absolute Gasteiger partial charge is 0.0795 e. The van der Waals surface area contributed by atoms with Gasteiger partial charge in [0.15, 0.2) is 0 Å². The maximum atomic E-state index is 6.12. The molecule has 108 valence electrons. The van der Waals surface area contributed by atoms with E-state index in [1.54, 1.807) is 11.3 Å². The van der Waals surface area contributed by atoms with Gasteiger partial charge in [-0.1, -0.05) is 18.5 Å². The Bertz CT molecular complexity index is 528. The van der Waals surface area contributed by atoms with Gasteiger partial charge in [-0.15, -0.1) is 11.3 Å². The maximum Gasteiger partial charge on any atom is 0.0795 e. The Balaban J connectivity index is 2.12. The van der Waals surface area contributed by atoms with E-state index in [0.29, 0.717) is 0 Å². The Hall–Kier alpha value is -1.10. The summed E-state index contributed by atoms with van der Waals surface area (Å²) < 4.78 is 0. The SMILES string of the molecule is CCCNCc1cc(Cl)ccc1N(C)Cc1cscn1. The predicted molar refractivity (Wildman–Crippen MR) is 87.7 cm³/mol. The predicted octanol–water partition coefficient (Wildman–Crippen LogP) is 3.93. The molecule has 0 saturated carbocycles. The van der Waals surface area contributed by atoms with Crippen molar-refractivity contribution < 1.29 is 0 Å². The van der Waals surface area contributed by atoms with Gasteiger partial charge >= 0.3 is 0 Å². The Kier molecular flexibility index (Phi) is 5.83. The molecule has 0 radical (unpaired) electrons. The van der Waals surface area contributed by atoms with Crippen LogP contribution < -0.4 is 10.2 Å². The van der Waals surface area contributed by atoms with Crippen LogP contribution in [0.5, 0.6) is 0 Å². The zero-order chi connectivity index (χ0) is 14.4. The van der Waals surface area contributed by atoms with Crippen LogP contribution in [0.2, 0.25) is 5.02 Å². The quantitative estimate of drug-likeness (QED) is 0.785. The molecule has 0 bridgehead atoms. The normalized spacial score (nSPS) is 10.8. The van der Waals surface area contributed by atoms with Crippen LogP contribution in [0.1, 0.15) is 24.6 Å². The lowest BCUT2D eigenvalue weighted by atomic mass is 10.1. The van der Waals surface area contributed by atoms with E-state index < -0.39 is 0 Å². The first-order valence-electron chi connectivity index (χ1n) is 6.78. The molecule has 0 aliphatic carbocycles. The number of nitrogens with zero attached hydrogens (tertiary/aromatic N) is 2. The molecule has 0 aliphatic heterocycles. The van der Waals surface area contributed by atoms with Gasteiger partial charge in [0.25, 0.3) is 0 Å². The fourth-order valence-corrected chi connectivity index (χ4v) is 2.86. The van der Waals surface area contributed by atoms with E-state index in [9.17, 15) is 0 Å². The fourth-order valence-electron chi connectivity index (χ4n) is 2.11. The first-order chi connectivity index (χ1) is 9.70. The summed E-state index contributed by atoms with van der Waals surface area (Å²) in [6.45, 7) is 4.83. The Labute approximate surface area is 129 Å². The maximum absolute atomic E-state index is 6.12. The van der Waals surface area contributed by atoms with E-state index in [0.717, 1.165) is 36.8 Å². The summed E-state index contributed by atoms with van der Waals surface area (Å²) in [6.07, 6.45) is 1.13. The summed E-state index contributed by atoms with van der Waals surface area (Å²) in [5.41, 5.74) is 5.39. The summed E-state index contributed by atoms with van der Waals surface area (Å²) >= 11 is 7.75. The standard InChI is InChI=1S/C15H20ClN3S/c1-3-6-17-8-12-7-13(16)4-5-15(12)19(2)9-14-10-20-11-18-14/h4-5,7,10-11,17H,3,6,8-9H2,1-2H3. The number of anilines is 1. The summed E-state index contributed by atoms with van der Waals surface area (Å²) in [5, 5.41) is 6.30. The average molecular weight is 310 g/mol. The van der Waals surface area contributed by atoms with E-state index in [4.69, 9.17) is 11.6 Å². The molecule has 20 heavy (non-hydrogen) atoms. The van der Waals surface area contributed by atoms with Crippen molar-refractivity contribution >= 4 is 28.6 Å². The topological polar surface area (TPSA) is 28.2 Å². The number of rotatable bonds is 7. The van der Waals surface area contributed by atoms with Gasteiger partial charge in [-0.3, -0.25) is 0 Å². The Morgan fingerprint density at radius 1 is 1.40 bits per heavy atom.